The Hall–Kier alpha value is -1.10. The van der Waals surface area contributed by atoms with Gasteiger partial charge in [-0.1, -0.05) is 53.0 Å². The minimum atomic E-state index is -0.485. The van der Waals surface area contributed by atoms with Crippen molar-refractivity contribution >= 4 is 40.7 Å². The van der Waals surface area contributed by atoms with Gasteiger partial charge in [-0.05, 0) is 24.0 Å². The molecule has 3 nitrogen and oxygen atoms in total. The molecule has 100 valence electrons. The lowest BCUT2D eigenvalue weighted by molar-refractivity contribution is 0.0515. The number of esters is 1. The quantitative estimate of drug-likeness (QED) is 0.795. The van der Waals surface area contributed by atoms with Crippen LogP contribution in [0.15, 0.2) is 24.3 Å². The standard InChI is InChI=1S/C13H11Cl2NO2S/c1-8-2-4-9(5-3-8)6-7-18-13(17)11-10(14)12(15)16-19-11/h2-5H,6-7H2,1H3. The molecule has 6 heteroatoms. The van der Waals surface area contributed by atoms with Crippen LogP contribution in [0, 0.1) is 6.92 Å². The minimum absolute atomic E-state index is 0.136. The zero-order valence-electron chi connectivity index (χ0n) is 10.2. The predicted molar refractivity (Wildman–Crippen MR) is 77.3 cm³/mol. The van der Waals surface area contributed by atoms with Gasteiger partial charge in [-0.15, -0.1) is 0 Å². The Bertz CT molecular complexity index is 581. The van der Waals surface area contributed by atoms with E-state index in [-0.39, 0.29) is 15.1 Å². The van der Waals surface area contributed by atoms with Crippen LogP contribution in [0.2, 0.25) is 10.2 Å². The summed E-state index contributed by atoms with van der Waals surface area (Å²) in [5.41, 5.74) is 2.32. The molecule has 1 heterocycles. The number of hydrogen-bond acceptors (Lipinski definition) is 4. The zero-order chi connectivity index (χ0) is 13.8. The van der Waals surface area contributed by atoms with Crippen molar-refractivity contribution in [3.05, 3.63) is 50.4 Å². The van der Waals surface area contributed by atoms with E-state index in [9.17, 15) is 4.79 Å². The maximum Gasteiger partial charge on any atom is 0.351 e. The molecule has 1 aromatic carbocycles. The summed E-state index contributed by atoms with van der Waals surface area (Å²) in [6.45, 7) is 2.33. The van der Waals surface area contributed by atoms with E-state index in [4.69, 9.17) is 27.9 Å². The zero-order valence-corrected chi connectivity index (χ0v) is 12.5. The third-order valence-corrected chi connectivity index (χ3v) is 4.31. The topological polar surface area (TPSA) is 39.2 Å². The van der Waals surface area contributed by atoms with Gasteiger partial charge in [-0.2, -0.15) is 4.37 Å². The molecule has 2 rings (SSSR count). The Morgan fingerprint density at radius 1 is 1.32 bits per heavy atom. The van der Waals surface area contributed by atoms with Gasteiger partial charge < -0.3 is 4.74 Å². The normalized spacial score (nSPS) is 10.5. The maximum atomic E-state index is 11.7. The summed E-state index contributed by atoms with van der Waals surface area (Å²) >= 11 is 12.5. The van der Waals surface area contributed by atoms with Crippen molar-refractivity contribution in [3.63, 3.8) is 0 Å². The fourth-order valence-electron chi connectivity index (χ4n) is 1.47. The number of aromatic nitrogens is 1. The Kier molecular flexibility index (Phi) is 4.80. The second-order valence-corrected chi connectivity index (χ2v) is 5.50. The monoisotopic (exact) mass is 315 g/mol. The highest BCUT2D eigenvalue weighted by Gasteiger charge is 2.18. The Morgan fingerprint density at radius 2 is 2.00 bits per heavy atom. The summed E-state index contributed by atoms with van der Waals surface area (Å²) in [5, 5.41) is 0.296. The minimum Gasteiger partial charge on any atom is -0.461 e. The van der Waals surface area contributed by atoms with Gasteiger partial charge >= 0.3 is 5.97 Å². The van der Waals surface area contributed by atoms with Crippen LogP contribution in [-0.2, 0) is 11.2 Å². The van der Waals surface area contributed by atoms with Crippen LogP contribution in [0.1, 0.15) is 20.8 Å². The van der Waals surface area contributed by atoms with E-state index < -0.39 is 5.97 Å². The van der Waals surface area contributed by atoms with Gasteiger partial charge in [0.1, 0.15) is 5.02 Å². The molecule has 0 atom stereocenters. The van der Waals surface area contributed by atoms with Crippen molar-refractivity contribution in [3.8, 4) is 0 Å². The molecule has 0 saturated heterocycles. The molecule has 0 aliphatic rings. The number of carbonyl (C=O) groups excluding carboxylic acids is 1. The Morgan fingerprint density at radius 3 is 2.58 bits per heavy atom. The van der Waals surface area contributed by atoms with Gasteiger partial charge in [-0.25, -0.2) is 4.79 Å². The van der Waals surface area contributed by atoms with Gasteiger partial charge in [0.05, 0.1) is 6.61 Å². The molecule has 1 aromatic heterocycles. The molecule has 19 heavy (non-hydrogen) atoms. The van der Waals surface area contributed by atoms with Gasteiger partial charge in [0.15, 0.2) is 10.0 Å². The lowest BCUT2D eigenvalue weighted by Gasteiger charge is -2.04. The molecule has 0 bridgehead atoms. The maximum absolute atomic E-state index is 11.7. The molecular weight excluding hydrogens is 305 g/mol. The SMILES string of the molecule is Cc1ccc(CCOC(=O)c2snc(Cl)c2Cl)cc1. The van der Waals surface area contributed by atoms with Crippen LogP contribution in [0.4, 0.5) is 0 Å². The fraction of sp³-hybridized carbons (Fsp3) is 0.231. The first-order valence-corrected chi connectivity index (χ1v) is 7.14. The molecule has 0 amide bonds. The van der Waals surface area contributed by atoms with Crippen molar-refractivity contribution in [2.75, 3.05) is 6.61 Å². The van der Waals surface area contributed by atoms with E-state index in [0.29, 0.717) is 13.0 Å². The van der Waals surface area contributed by atoms with Crippen molar-refractivity contribution in [1.82, 2.24) is 4.37 Å². The number of rotatable bonds is 4. The molecule has 0 aliphatic carbocycles. The van der Waals surface area contributed by atoms with E-state index in [1.807, 2.05) is 31.2 Å². The largest absolute Gasteiger partial charge is 0.461 e. The number of nitrogens with zero attached hydrogens (tertiary/aromatic N) is 1. The smallest absolute Gasteiger partial charge is 0.351 e. The number of carbonyl (C=O) groups is 1. The lowest BCUT2D eigenvalue weighted by atomic mass is 10.1. The second kappa shape index (κ2) is 6.37. The first-order chi connectivity index (χ1) is 9.08. The lowest BCUT2D eigenvalue weighted by Crippen LogP contribution is -2.07. The van der Waals surface area contributed by atoms with E-state index in [1.54, 1.807) is 0 Å². The molecule has 0 radical (unpaired) electrons. The molecular formula is C13H11Cl2NO2S. The summed E-state index contributed by atoms with van der Waals surface area (Å²) in [7, 11) is 0. The molecule has 0 spiro atoms. The van der Waals surface area contributed by atoms with Crippen LogP contribution in [-0.4, -0.2) is 16.9 Å². The van der Waals surface area contributed by atoms with Crippen LogP contribution < -0.4 is 0 Å². The van der Waals surface area contributed by atoms with Gasteiger partial charge in [-0.3, -0.25) is 0 Å². The summed E-state index contributed by atoms with van der Waals surface area (Å²) in [6.07, 6.45) is 0.663. The van der Waals surface area contributed by atoms with Crippen LogP contribution >= 0.6 is 34.7 Å². The fourth-order valence-corrected chi connectivity index (χ4v) is 2.57. The van der Waals surface area contributed by atoms with Crippen LogP contribution in [0.25, 0.3) is 0 Å². The summed E-state index contributed by atoms with van der Waals surface area (Å²) in [4.78, 5) is 12.0. The molecule has 0 fully saturated rings. The first-order valence-electron chi connectivity index (χ1n) is 5.61. The number of hydrogen-bond donors (Lipinski definition) is 0. The van der Waals surface area contributed by atoms with E-state index in [2.05, 4.69) is 4.37 Å². The number of benzene rings is 1. The van der Waals surface area contributed by atoms with Crippen molar-refractivity contribution < 1.29 is 9.53 Å². The second-order valence-electron chi connectivity index (χ2n) is 3.99. The highest BCUT2D eigenvalue weighted by Crippen LogP contribution is 2.28. The highest BCUT2D eigenvalue weighted by atomic mass is 35.5. The van der Waals surface area contributed by atoms with E-state index in [1.165, 1.54) is 5.56 Å². The third kappa shape index (κ3) is 3.69. The van der Waals surface area contributed by atoms with Crippen LogP contribution in [0.3, 0.4) is 0 Å². The molecule has 0 unspecified atom stereocenters. The number of halogens is 2. The molecule has 0 N–H and O–H groups in total. The molecule has 2 aromatic rings. The van der Waals surface area contributed by atoms with Gasteiger partial charge in [0, 0.05) is 6.42 Å². The van der Waals surface area contributed by atoms with Crippen LogP contribution in [0.5, 0.6) is 0 Å². The van der Waals surface area contributed by atoms with Gasteiger partial charge in [0.25, 0.3) is 0 Å². The molecule has 0 saturated carbocycles. The van der Waals surface area contributed by atoms with E-state index >= 15 is 0 Å². The molecule has 0 aliphatic heterocycles. The van der Waals surface area contributed by atoms with Crippen molar-refractivity contribution in [2.24, 2.45) is 0 Å². The number of aryl methyl sites for hydroxylation is 1. The first kappa shape index (κ1) is 14.3. The van der Waals surface area contributed by atoms with Crippen molar-refractivity contribution in [2.45, 2.75) is 13.3 Å². The average Bonchev–Trinajstić information content (AvgIpc) is 2.72. The summed E-state index contributed by atoms with van der Waals surface area (Å²) in [5.74, 6) is -0.485. The highest BCUT2D eigenvalue weighted by molar-refractivity contribution is 7.09. The third-order valence-electron chi connectivity index (χ3n) is 2.53. The van der Waals surface area contributed by atoms with Crippen molar-refractivity contribution in [1.29, 1.82) is 0 Å². The van der Waals surface area contributed by atoms with E-state index in [0.717, 1.165) is 17.1 Å². The Labute approximate surface area is 125 Å². The summed E-state index contributed by atoms with van der Waals surface area (Å²) in [6, 6.07) is 8.08. The predicted octanol–water partition coefficient (Wildman–Crippen LogP) is 4.16. The summed E-state index contributed by atoms with van der Waals surface area (Å²) < 4.78 is 8.93. The Balaban J connectivity index is 1.87. The average molecular weight is 316 g/mol. The number of ether oxygens (including phenoxy) is 1. The van der Waals surface area contributed by atoms with Gasteiger partial charge in [0.2, 0.25) is 0 Å².